The van der Waals surface area contributed by atoms with Gasteiger partial charge in [0.1, 0.15) is 22.8 Å². The van der Waals surface area contributed by atoms with Crippen LogP contribution in [-0.2, 0) is 9.59 Å². The summed E-state index contributed by atoms with van der Waals surface area (Å²) in [7, 11) is 0. The number of halogens is 4. The topological polar surface area (TPSA) is 118 Å². The van der Waals surface area contributed by atoms with Gasteiger partial charge in [-0.3, -0.25) is 9.89 Å². The lowest BCUT2D eigenvalue weighted by Gasteiger charge is -2.09. The molecule has 2 heterocycles. The molecule has 0 unspecified atom stereocenters. The summed E-state index contributed by atoms with van der Waals surface area (Å²) in [5, 5.41) is 8.76. The standard InChI is InChI=1S/C21H17F4N5O2.CO2/c1-2-26-19-17(12-3-9-15(10-4-12)32-21(23,24)25)29-18-16(11-27-30(18)19)20(31)28-14-7-5-13(22)6-8-14;2-1-3/h3-11,26-27H,2H2,1H3,(H,28,31);. The molecule has 0 aliphatic heterocycles. The van der Waals surface area contributed by atoms with E-state index in [2.05, 4.69) is 25.5 Å². The molecule has 9 nitrogen and oxygen atoms in total. The van der Waals surface area contributed by atoms with Crippen LogP contribution in [0, 0.1) is 5.82 Å². The van der Waals surface area contributed by atoms with Crippen molar-refractivity contribution in [2.24, 2.45) is 0 Å². The Morgan fingerprint density at radius 3 is 2.31 bits per heavy atom. The summed E-state index contributed by atoms with van der Waals surface area (Å²) in [5.74, 6) is -0.702. The zero-order valence-electron chi connectivity index (χ0n) is 17.9. The second-order valence-electron chi connectivity index (χ2n) is 6.80. The molecule has 2 aromatic carbocycles. The minimum Gasteiger partial charge on any atom is -0.406 e. The first-order chi connectivity index (χ1) is 16.7. The van der Waals surface area contributed by atoms with Crippen LogP contribution in [0.2, 0.25) is 0 Å². The Labute approximate surface area is 194 Å². The van der Waals surface area contributed by atoms with Gasteiger partial charge in [0.15, 0.2) is 11.5 Å². The van der Waals surface area contributed by atoms with Gasteiger partial charge in [0.05, 0.1) is 0 Å². The predicted molar refractivity (Wildman–Crippen MR) is 115 cm³/mol. The fourth-order valence-corrected chi connectivity index (χ4v) is 3.17. The quantitative estimate of drug-likeness (QED) is 0.343. The van der Waals surface area contributed by atoms with Crippen molar-refractivity contribution >= 4 is 29.2 Å². The van der Waals surface area contributed by atoms with Crippen LogP contribution >= 0.6 is 0 Å². The molecule has 3 N–H and O–H groups in total. The van der Waals surface area contributed by atoms with E-state index < -0.39 is 18.1 Å². The SMILES string of the molecule is CCNc1c(-c2ccc(OC(F)(F)F)cc2)nc2c(C(=O)Nc3ccc(F)cc3)c[nH]n12.O=C=O. The third kappa shape index (κ3) is 6.03. The van der Waals surface area contributed by atoms with Crippen LogP contribution in [0.25, 0.3) is 16.9 Å². The van der Waals surface area contributed by atoms with Crippen LogP contribution in [-0.4, -0.2) is 39.6 Å². The minimum atomic E-state index is -4.78. The molecule has 182 valence electrons. The van der Waals surface area contributed by atoms with Gasteiger partial charge in [-0.05, 0) is 55.5 Å². The number of benzene rings is 2. The highest BCUT2D eigenvalue weighted by Crippen LogP contribution is 2.32. The number of hydrogen-bond donors (Lipinski definition) is 3. The summed E-state index contributed by atoms with van der Waals surface area (Å²) in [5.41, 5.74) is 1.92. The summed E-state index contributed by atoms with van der Waals surface area (Å²) >= 11 is 0. The van der Waals surface area contributed by atoms with Crippen LogP contribution in [0.5, 0.6) is 5.75 Å². The molecule has 13 heteroatoms. The van der Waals surface area contributed by atoms with Crippen molar-refractivity contribution in [2.45, 2.75) is 13.3 Å². The van der Waals surface area contributed by atoms with E-state index in [0.717, 1.165) is 0 Å². The van der Waals surface area contributed by atoms with E-state index >= 15 is 0 Å². The molecule has 35 heavy (non-hydrogen) atoms. The number of carbonyl (C=O) groups excluding carboxylic acids is 3. The van der Waals surface area contributed by atoms with Crippen molar-refractivity contribution < 1.29 is 36.7 Å². The summed E-state index contributed by atoms with van der Waals surface area (Å²) in [6.07, 6.45) is -3.06. The predicted octanol–water partition coefficient (Wildman–Crippen LogP) is 4.47. The minimum absolute atomic E-state index is 0.233. The van der Waals surface area contributed by atoms with Crippen molar-refractivity contribution in [1.82, 2.24) is 14.6 Å². The van der Waals surface area contributed by atoms with E-state index in [1.54, 1.807) is 4.52 Å². The van der Waals surface area contributed by atoms with Crippen molar-refractivity contribution in [3.8, 4) is 17.0 Å². The highest BCUT2D eigenvalue weighted by atomic mass is 19.4. The first-order valence-corrected chi connectivity index (χ1v) is 9.93. The maximum atomic E-state index is 13.1. The molecule has 0 bridgehead atoms. The molecule has 4 aromatic rings. The third-order valence-corrected chi connectivity index (χ3v) is 4.51. The largest absolute Gasteiger partial charge is 0.573 e. The van der Waals surface area contributed by atoms with Gasteiger partial charge in [0.2, 0.25) is 0 Å². The van der Waals surface area contributed by atoms with Crippen molar-refractivity contribution in [3.05, 3.63) is 66.1 Å². The fraction of sp³-hybridized carbons (Fsp3) is 0.136. The maximum Gasteiger partial charge on any atom is 0.573 e. The van der Waals surface area contributed by atoms with Gasteiger partial charge in [0, 0.05) is 24.0 Å². The zero-order valence-corrected chi connectivity index (χ0v) is 17.9. The van der Waals surface area contributed by atoms with Gasteiger partial charge in [0.25, 0.3) is 5.91 Å². The van der Waals surface area contributed by atoms with Crippen LogP contribution < -0.4 is 15.4 Å². The number of ether oxygens (including phenoxy) is 1. The highest BCUT2D eigenvalue weighted by molar-refractivity contribution is 6.08. The molecular formula is C22H17F4N5O4. The second-order valence-corrected chi connectivity index (χ2v) is 6.80. The number of hydrogen-bond acceptors (Lipinski definition) is 6. The summed E-state index contributed by atoms with van der Waals surface area (Å²) in [6.45, 7) is 2.40. The van der Waals surface area contributed by atoms with Crippen molar-refractivity contribution in [3.63, 3.8) is 0 Å². The lowest BCUT2D eigenvalue weighted by atomic mass is 10.1. The van der Waals surface area contributed by atoms with Gasteiger partial charge >= 0.3 is 12.5 Å². The lowest BCUT2D eigenvalue weighted by Crippen LogP contribution is -2.16. The van der Waals surface area contributed by atoms with Crippen molar-refractivity contribution in [2.75, 3.05) is 17.2 Å². The van der Waals surface area contributed by atoms with Gasteiger partial charge in [-0.1, -0.05) is 0 Å². The number of aromatic nitrogens is 3. The Morgan fingerprint density at radius 1 is 1.11 bits per heavy atom. The fourth-order valence-electron chi connectivity index (χ4n) is 3.17. The monoisotopic (exact) mass is 491 g/mol. The molecule has 4 rings (SSSR count). The van der Waals surface area contributed by atoms with Gasteiger partial charge in [-0.25, -0.2) is 13.9 Å². The van der Waals surface area contributed by atoms with E-state index in [1.165, 1.54) is 54.7 Å². The summed E-state index contributed by atoms with van der Waals surface area (Å²) in [6, 6.07) is 10.6. The number of imidazole rings is 1. The average molecular weight is 491 g/mol. The molecule has 1 amide bonds. The Morgan fingerprint density at radius 2 is 1.74 bits per heavy atom. The Bertz CT molecular complexity index is 1340. The number of fused-ring (bicyclic) bond motifs is 1. The Kier molecular flexibility index (Phi) is 7.52. The normalized spacial score (nSPS) is 10.8. The number of alkyl halides is 3. The van der Waals surface area contributed by atoms with E-state index in [9.17, 15) is 22.4 Å². The third-order valence-electron chi connectivity index (χ3n) is 4.51. The number of aromatic amines is 1. The number of H-pyrrole nitrogens is 1. The molecule has 0 radical (unpaired) electrons. The number of nitrogens with one attached hydrogen (secondary N) is 3. The average Bonchev–Trinajstić information content (AvgIpc) is 3.36. The first kappa shape index (κ1) is 25.0. The smallest absolute Gasteiger partial charge is 0.406 e. The molecule has 0 fully saturated rings. The van der Waals surface area contributed by atoms with E-state index in [1.807, 2.05) is 6.92 Å². The number of carbonyl (C=O) groups is 1. The molecular weight excluding hydrogens is 474 g/mol. The second kappa shape index (κ2) is 10.5. The zero-order chi connectivity index (χ0) is 25.6. The molecule has 0 aliphatic rings. The van der Waals surface area contributed by atoms with Crippen LogP contribution in [0.4, 0.5) is 29.1 Å². The van der Waals surface area contributed by atoms with Crippen LogP contribution in [0.15, 0.2) is 54.7 Å². The van der Waals surface area contributed by atoms with Crippen LogP contribution in [0.3, 0.4) is 0 Å². The number of rotatable bonds is 6. The molecule has 0 aliphatic carbocycles. The summed E-state index contributed by atoms with van der Waals surface area (Å²) in [4.78, 5) is 33.5. The van der Waals surface area contributed by atoms with Gasteiger partial charge in [-0.15, -0.1) is 13.2 Å². The highest BCUT2D eigenvalue weighted by Gasteiger charge is 2.31. The van der Waals surface area contributed by atoms with Gasteiger partial charge in [-0.2, -0.15) is 9.59 Å². The van der Waals surface area contributed by atoms with Gasteiger partial charge < -0.3 is 15.4 Å². The lowest BCUT2D eigenvalue weighted by molar-refractivity contribution is -0.274. The maximum absolute atomic E-state index is 13.1. The molecule has 0 saturated heterocycles. The first-order valence-electron chi connectivity index (χ1n) is 9.93. The molecule has 0 atom stereocenters. The molecule has 0 spiro atoms. The molecule has 2 aromatic heterocycles. The Balaban J connectivity index is 0.00000108. The number of anilines is 2. The molecule has 0 saturated carbocycles. The number of nitrogens with zero attached hydrogens (tertiary/aromatic N) is 2. The van der Waals surface area contributed by atoms with E-state index in [4.69, 9.17) is 9.59 Å². The Hall–Kier alpha value is -4.64. The van der Waals surface area contributed by atoms with Crippen LogP contribution in [0.1, 0.15) is 17.3 Å². The summed E-state index contributed by atoms with van der Waals surface area (Å²) < 4.78 is 55.8. The van der Waals surface area contributed by atoms with Crippen molar-refractivity contribution in [1.29, 1.82) is 0 Å². The number of amides is 1. The van der Waals surface area contributed by atoms with E-state index in [0.29, 0.717) is 35.0 Å². The van der Waals surface area contributed by atoms with E-state index in [-0.39, 0.29) is 17.5 Å².